The minimum atomic E-state index is -0.562. The summed E-state index contributed by atoms with van der Waals surface area (Å²) in [5, 5.41) is 2.39. The molecule has 4 fully saturated rings. The second-order valence-corrected chi connectivity index (χ2v) is 10.9. The number of likely N-dealkylation sites (tertiary alicyclic amines) is 1. The van der Waals surface area contributed by atoms with Crippen molar-refractivity contribution in [3.8, 4) is 0 Å². The lowest BCUT2D eigenvalue weighted by molar-refractivity contribution is -0.136. The van der Waals surface area contributed by atoms with Crippen molar-refractivity contribution in [2.45, 2.75) is 51.1 Å². The Bertz CT molecular complexity index is 989. The van der Waals surface area contributed by atoms with Crippen LogP contribution in [0.5, 0.6) is 0 Å². The van der Waals surface area contributed by atoms with Gasteiger partial charge in [-0.3, -0.25) is 19.7 Å². The van der Waals surface area contributed by atoms with Crippen LogP contribution in [0.4, 0.5) is 5.69 Å². The van der Waals surface area contributed by atoms with E-state index in [0.29, 0.717) is 23.9 Å². The largest absolute Gasteiger partial charge is 0.381 e. The number of amides is 3. The fourth-order valence-corrected chi connectivity index (χ4v) is 6.62. The molecule has 182 valence electrons. The minimum Gasteiger partial charge on any atom is -0.381 e. The molecule has 34 heavy (non-hydrogen) atoms. The summed E-state index contributed by atoms with van der Waals surface area (Å²) < 4.78 is 5.51. The molecular weight excluding hydrogens is 432 g/mol. The van der Waals surface area contributed by atoms with Crippen molar-refractivity contribution in [3.63, 3.8) is 0 Å². The summed E-state index contributed by atoms with van der Waals surface area (Å²) in [5.41, 5.74) is 3.26. The number of ether oxygens (including phenoxy) is 1. The van der Waals surface area contributed by atoms with Gasteiger partial charge in [-0.2, -0.15) is 0 Å². The van der Waals surface area contributed by atoms with Gasteiger partial charge in [0, 0.05) is 68.0 Å². The predicted molar refractivity (Wildman–Crippen MR) is 126 cm³/mol. The number of imide groups is 1. The normalized spacial score (nSPS) is 27.6. The van der Waals surface area contributed by atoms with Gasteiger partial charge in [0.25, 0.3) is 5.91 Å². The molecule has 3 amide bonds. The molecule has 5 aliphatic rings. The Morgan fingerprint density at radius 2 is 1.79 bits per heavy atom. The van der Waals surface area contributed by atoms with E-state index < -0.39 is 6.04 Å². The van der Waals surface area contributed by atoms with Crippen LogP contribution in [0.2, 0.25) is 0 Å². The third-order valence-corrected chi connectivity index (χ3v) is 8.72. The van der Waals surface area contributed by atoms with Crippen molar-refractivity contribution in [2.24, 2.45) is 11.3 Å². The molecule has 1 spiro atoms. The number of hydrogen-bond donors (Lipinski definition) is 1. The van der Waals surface area contributed by atoms with Crippen LogP contribution in [0.15, 0.2) is 18.2 Å². The smallest absolute Gasteiger partial charge is 0.255 e. The van der Waals surface area contributed by atoms with Gasteiger partial charge in [-0.1, -0.05) is 6.07 Å². The minimum absolute atomic E-state index is 0.0944. The number of piperidine rings is 2. The number of rotatable bonds is 4. The molecule has 0 aromatic heterocycles. The average Bonchev–Trinajstić information content (AvgIpc) is 3.15. The molecule has 8 nitrogen and oxygen atoms in total. The van der Waals surface area contributed by atoms with Crippen LogP contribution in [0.3, 0.4) is 0 Å². The standard InChI is InChI=1S/C26H34N4O4/c31-23-5-4-22(24(32)27-23)30-15-20-19(25(30)33)2-1-3-21(20)29-16-26(17-29)8-10-28(11-9-26)14-18-6-12-34-13-7-18/h1-3,18,22H,4-17H2,(H,27,31,32). The van der Waals surface area contributed by atoms with Crippen LogP contribution in [0.1, 0.15) is 54.4 Å². The third-order valence-electron chi connectivity index (χ3n) is 8.72. The Morgan fingerprint density at radius 3 is 2.53 bits per heavy atom. The van der Waals surface area contributed by atoms with Crippen LogP contribution < -0.4 is 10.2 Å². The maximum atomic E-state index is 13.1. The molecule has 5 aliphatic heterocycles. The molecule has 0 saturated carbocycles. The van der Waals surface area contributed by atoms with E-state index in [1.54, 1.807) is 4.90 Å². The highest BCUT2D eigenvalue weighted by Crippen LogP contribution is 2.45. The average molecular weight is 467 g/mol. The Labute approximate surface area is 200 Å². The highest BCUT2D eigenvalue weighted by Gasteiger charge is 2.47. The summed E-state index contributed by atoms with van der Waals surface area (Å²) in [5.74, 6) is 0.0885. The summed E-state index contributed by atoms with van der Waals surface area (Å²) in [6, 6.07) is 5.39. The Balaban J connectivity index is 1.08. The highest BCUT2D eigenvalue weighted by molar-refractivity contribution is 6.06. The molecule has 1 unspecified atom stereocenters. The van der Waals surface area contributed by atoms with Crippen molar-refractivity contribution >= 4 is 23.4 Å². The van der Waals surface area contributed by atoms with Crippen LogP contribution in [0, 0.1) is 11.3 Å². The summed E-state index contributed by atoms with van der Waals surface area (Å²) in [6.07, 6.45) is 5.55. The van der Waals surface area contributed by atoms with Crippen LogP contribution >= 0.6 is 0 Å². The summed E-state index contributed by atoms with van der Waals surface area (Å²) >= 11 is 0. The second-order valence-electron chi connectivity index (χ2n) is 10.9. The lowest BCUT2D eigenvalue weighted by Gasteiger charge is -2.55. The predicted octanol–water partition coefficient (Wildman–Crippen LogP) is 1.78. The molecular formula is C26H34N4O4. The zero-order valence-electron chi connectivity index (χ0n) is 19.8. The molecule has 1 aromatic rings. The molecule has 0 aliphatic carbocycles. The first-order chi connectivity index (χ1) is 16.5. The number of carbonyl (C=O) groups is 3. The number of carbonyl (C=O) groups excluding carboxylic acids is 3. The van der Waals surface area contributed by atoms with E-state index in [4.69, 9.17) is 4.74 Å². The zero-order chi connectivity index (χ0) is 23.3. The zero-order valence-corrected chi connectivity index (χ0v) is 19.8. The van der Waals surface area contributed by atoms with E-state index in [1.165, 1.54) is 45.3 Å². The highest BCUT2D eigenvalue weighted by atomic mass is 16.5. The number of nitrogens with one attached hydrogen (secondary N) is 1. The van der Waals surface area contributed by atoms with Gasteiger partial charge in [0.05, 0.1) is 0 Å². The topological polar surface area (TPSA) is 82.2 Å². The van der Waals surface area contributed by atoms with Gasteiger partial charge in [-0.15, -0.1) is 0 Å². The Hall–Kier alpha value is -2.45. The molecule has 6 rings (SSSR count). The summed E-state index contributed by atoms with van der Waals surface area (Å²) in [7, 11) is 0. The number of nitrogens with zero attached hydrogens (tertiary/aromatic N) is 3. The fourth-order valence-electron chi connectivity index (χ4n) is 6.62. The second kappa shape index (κ2) is 8.64. The maximum absolute atomic E-state index is 13.1. The van der Waals surface area contributed by atoms with E-state index in [9.17, 15) is 14.4 Å². The third kappa shape index (κ3) is 3.90. The van der Waals surface area contributed by atoms with Crippen molar-refractivity contribution in [2.75, 3.05) is 50.8 Å². The van der Waals surface area contributed by atoms with Crippen molar-refractivity contribution in [3.05, 3.63) is 29.3 Å². The molecule has 1 aromatic carbocycles. The van der Waals surface area contributed by atoms with Gasteiger partial charge in [0.2, 0.25) is 11.8 Å². The van der Waals surface area contributed by atoms with E-state index in [1.807, 2.05) is 12.1 Å². The Morgan fingerprint density at radius 1 is 1.03 bits per heavy atom. The van der Waals surface area contributed by atoms with E-state index in [0.717, 1.165) is 43.5 Å². The first-order valence-electron chi connectivity index (χ1n) is 12.8. The van der Waals surface area contributed by atoms with Gasteiger partial charge in [0.1, 0.15) is 6.04 Å². The quantitative estimate of drug-likeness (QED) is 0.682. The van der Waals surface area contributed by atoms with Gasteiger partial charge in [0.15, 0.2) is 0 Å². The van der Waals surface area contributed by atoms with E-state index in [2.05, 4.69) is 21.2 Å². The van der Waals surface area contributed by atoms with Crippen molar-refractivity contribution < 1.29 is 19.1 Å². The van der Waals surface area contributed by atoms with Crippen molar-refractivity contribution in [1.29, 1.82) is 0 Å². The van der Waals surface area contributed by atoms with Crippen LogP contribution in [-0.4, -0.2) is 79.5 Å². The summed E-state index contributed by atoms with van der Waals surface area (Å²) in [4.78, 5) is 43.8. The van der Waals surface area contributed by atoms with Crippen LogP contribution in [-0.2, 0) is 20.9 Å². The monoisotopic (exact) mass is 466 g/mol. The molecule has 8 heteroatoms. The molecule has 4 saturated heterocycles. The van der Waals surface area contributed by atoms with Gasteiger partial charge in [-0.25, -0.2) is 0 Å². The molecule has 0 radical (unpaired) electrons. The first-order valence-corrected chi connectivity index (χ1v) is 12.8. The molecule has 1 N–H and O–H groups in total. The maximum Gasteiger partial charge on any atom is 0.255 e. The number of anilines is 1. The first kappa shape index (κ1) is 22.0. The molecule has 1 atom stereocenters. The lowest BCUT2D eigenvalue weighted by atomic mass is 9.71. The van der Waals surface area contributed by atoms with Gasteiger partial charge < -0.3 is 19.4 Å². The van der Waals surface area contributed by atoms with Crippen molar-refractivity contribution in [1.82, 2.24) is 15.1 Å². The van der Waals surface area contributed by atoms with Gasteiger partial charge in [-0.05, 0) is 63.2 Å². The Kier molecular flexibility index (Phi) is 5.60. The molecule has 0 bridgehead atoms. The number of benzene rings is 1. The van der Waals surface area contributed by atoms with E-state index >= 15 is 0 Å². The fraction of sp³-hybridized carbons (Fsp3) is 0.654. The molecule has 5 heterocycles. The lowest BCUT2D eigenvalue weighted by Crippen LogP contribution is -2.61. The number of fused-ring (bicyclic) bond motifs is 1. The SMILES string of the molecule is O=C1CCC(N2Cc3c(cccc3N3CC4(CCN(CC5CCOCC5)CC4)C3)C2=O)C(=O)N1. The van der Waals surface area contributed by atoms with Crippen LogP contribution in [0.25, 0.3) is 0 Å². The van der Waals surface area contributed by atoms with E-state index in [-0.39, 0.29) is 24.1 Å². The summed E-state index contributed by atoms with van der Waals surface area (Å²) in [6.45, 7) is 7.94. The van der Waals surface area contributed by atoms with Gasteiger partial charge >= 0.3 is 0 Å². The number of hydrogen-bond acceptors (Lipinski definition) is 6.